The van der Waals surface area contributed by atoms with Gasteiger partial charge in [-0.2, -0.15) is 5.26 Å². The monoisotopic (exact) mass is 257 g/mol. The van der Waals surface area contributed by atoms with E-state index in [0.29, 0.717) is 29.2 Å². The van der Waals surface area contributed by atoms with Crippen molar-refractivity contribution in [3.8, 4) is 6.07 Å². The Labute approximate surface area is 113 Å². The maximum Gasteiger partial charge on any atom is 0.150 e. The molecule has 3 N–H and O–H groups in total. The van der Waals surface area contributed by atoms with Crippen molar-refractivity contribution >= 4 is 11.5 Å². The van der Waals surface area contributed by atoms with Gasteiger partial charge in [0.25, 0.3) is 0 Å². The molecule has 5 nitrogen and oxygen atoms in total. The van der Waals surface area contributed by atoms with Crippen LogP contribution in [-0.2, 0) is 0 Å². The SMILES string of the molecule is N#Cc1ccnc(NC2CCN3CCCC3C2)c1N. The fourth-order valence-corrected chi connectivity index (χ4v) is 3.23. The number of nitrogens with zero attached hydrogens (tertiary/aromatic N) is 3. The van der Waals surface area contributed by atoms with E-state index in [-0.39, 0.29) is 0 Å². The van der Waals surface area contributed by atoms with Crippen molar-refractivity contribution in [2.75, 3.05) is 24.1 Å². The van der Waals surface area contributed by atoms with Gasteiger partial charge < -0.3 is 16.0 Å². The Hall–Kier alpha value is -1.80. The van der Waals surface area contributed by atoms with Gasteiger partial charge in [-0.1, -0.05) is 0 Å². The molecule has 2 aliphatic heterocycles. The van der Waals surface area contributed by atoms with Crippen molar-refractivity contribution < 1.29 is 0 Å². The van der Waals surface area contributed by atoms with Crippen molar-refractivity contribution in [1.82, 2.24) is 9.88 Å². The number of nitrogens with two attached hydrogens (primary N) is 1. The largest absolute Gasteiger partial charge is 0.395 e. The van der Waals surface area contributed by atoms with Gasteiger partial charge in [-0.25, -0.2) is 4.98 Å². The minimum atomic E-state index is 0.420. The van der Waals surface area contributed by atoms with Gasteiger partial charge in [-0.3, -0.25) is 0 Å². The highest BCUT2D eigenvalue weighted by molar-refractivity contribution is 5.69. The van der Waals surface area contributed by atoms with E-state index in [2.05, 4.69) is 21.3 Å². The third kappa shape index (κ3) is 2.36. The summed E-state index contributed by atoms with van der Waals surface area (Å²) in [6.07, 6.45) is 6.54. The number of hydrogen-bond donors (Lipinski definition) is 2. The third-order valence-corrected chi connectivity index (χ3v) is 4.27. The lowest BCUT2D eigenvalue weighted by Gasteiger charge is -2.35. The molecule has 19 heavy (non-hydrogen) atoms. The molecule has 1 aromatic rings. The molecule has 2 saturated heterocycles. The number of aromatic nitrogens is 1. The van der Waals surface area contributed by atoms with E-state index in [9.17, 15) is 0 Å². The van der Waals surface area contributed by atoms with Gasteiger partial charge in [0, 0.05) is 24.8 Å². The second-order valence-corrected chi connectivity index (χ2v) is 5.43. The molecule has 2 atom stereocenters. The summed E-state index contributed by atoms with van der Waals surface area (Å²) in [5, 5.41) is 12.4. The molecule has 1 aromatic heterocycles. The minimum Gasteiger partial charge on any atom is -0.395 e. The van der Waals surface area contributed by atoms with Crippen LogP contribution in [0.3, 0.4) is 0 Å². The molecule has 0 saturated carbocycles. The van der Waals surface area contributed by atoms with Crippen LogP contribution in [0, 0.1) is 11.3 Å². The molecule has 0 spiro atoms. The summed E-state index contributed by atoms with van der Waals surface area (Å²) in [5.74, 6) is 0.662. The number of hydrogen-bond acceptors (Lipinski definition) is 5. The van der Waals surface area contributed by atoms with Crippen molar-refractivity contribution in [2.24, 2.45) is 0 Å². The number of nitrogen functional groups attached to an aromatic ring is 1. The molecular weight excluding hydrogens is 238 g/mol. The van der Waals surface area contributed by atoms with Crippen LogP contribution >= 0.6 is 0 Å². The molecule has 2 aliphatic rings. The number of pyridine rings is 1. The third-order valence-electron chi connectivity index (χ3n) is 4.27. The van der Waals surface area contributed by atoms with E-state index < -0.39 is 0 Å². The van der Waals surface area contributed by atoms with Gasteiger partial charge in [-0.05, 0) is 38.3 Å². The van der Waals surface area contributed by atoms with E-state index in [1.165, 1.54) is 19.4 Å². The molecule has 0 bridgehead atoms. The van der Waals surface area contributed by atoms with Crippen LogP contribution < -0.4 is 11.1 Å². The van der Waals surface area contributed by atoms with Gasteiger partial charge in [-0.15, -0.1) is 0 Å². The number of fused-ring (bicyclic) bond motifs is 1. The lowest BCUT2D eigenvalue weighted by molar-refractivity contribution is 0.188. The van der Waals surface area contributed by atoms with Crippen LogP contribution in [0.25, 0.3) is 0 Å². The fraction of sp³-hybridized carbons (Fsp3) is 0.571. The lowest BCUT2D eigenvalue weighted by atomic mass is 9.97. The molecule has 3 heterocycles. The van der Waals surface area contributed by atoms with Crippen molar-refractivity contribution in [3.05, 3.63) is 17.8 Å². The molecular formula is C14H19N5. The first-order valence-electron chi connectivity index (χ1n) is 6.93. The van der Waals surface area contributed by atoms with Crippen molar-refractivity contribution in [2.45, 2.75) is 37.8 Å². The summed E-state index contributed by atoms with van der Waals surface area (Å²) in [6.45, 7) is 2.40. The smallest absolute Gasteiger partial charge is 0.150 e. The second-order valence-electron chi connectivity index (χ2n) is 5.43. The summed E-state index contributed by atoms with van der Waals surface area (Å²) >= 11 is 0. The number of piperidine rings is 1. The number of nitrogens with one attached hydrogen (secondary N) is 1. The summed E-state index contributed by atoms with van der Waals surface area (Å²) in [7, 11) is 0. The number of anilines is 2. The first kappa shape index (κ1) is 12.2. The Kier molecular flexibility index (Phi) is 3.26. The van der Waals surface area contributed by atoms with E-state index in [0.717, 1.165) is 19.4 Å². The lowest BCUT2D eigenvalue weighted by Crippen LogP contribution is -2.42. The molecule has 100 valence electrons. The Bertz CT molecular complexity index is 507. The van der Waals surface area contributed by atoms with Crippen LogP contribution in [-0.4, -0.2) is 35.1 Å². The van der Waals surface area contributed by atoms with Gasteiger partial charge in [0.15, 0.2) is 5.82 Å². The average Bonchev–Trinajstić information content (AvgIpc) is 2.88. The van der Waals surface area contributed by atoms with Crippen LogP contribution in [0.15, 0.2) is 12.3 Å². The topological polar surface area (TPSA) is 78.0 Å². The average molecular weight is 257 g/mol. The number of rotatable bonds is 2. The van der Waals surface area contributed by atoms with Gasteiger partial charge >= 0.3 is 0 Å². The highest BCUT2D eigenvalue weighted by Crippen LogP contribution is 2.29. The second kappa shape index (κ2) is 5.06. The number of nitriles is 1. The molecule has 0 aliphatic carbocycles. The van der Waals surface area contributed by atoms with E-state index in [1.807, 2.05) is 0 Å². The van der Waals surface area contributed by atoms with Crippen molar-refractivity contribution in [1.29, 1.82) is 5.26 Å². The van der Waals surface area contributed by atoms with Gasteiger partial charge in [0.05, 0.1) is 11.3 Å². The maximum atomic E-state index is 8.98. The quantitative estimate of drug-likeness (QED) is 0.841. The highest BCUT2D eigenvalue weighted by Gasteiger charge is 2.31. The van der Waals surface area contributed by atoms with E-state index in [4.69, 9.17) is 11.0 Å². The Balaban J connectivity index is 1.70. The Morgan fingerprint density at radius 3 is 3.16 bits per heavy atom. The standard InChI is InChI=1S/C14H19N5/c15-9-10-3-5-17-14(13(10)16)18-11-4-7-19-6-1-2-12(19)8-11/h3,5,11-12H,1-2,4,6-8,16H2,(H,17,18). The zero-order valence-electron chi connectivity index (χ0n) is 11.0. The van der Waals surface area contributed by atoms with Crippen molar-refractivity contribution in [3.63, 3.8) is 0 Å². The highest BCUT2D eigenvalue weighted by atomic mass is 15.2. The summed E-state index contributed by atoms with van der Waals surface area (Å²) in [4.78, 5) is 6.85. The summed E-state index contributed by atoms with van der Waals surface area (Å²) in [6, 6.07) is 4.88. The first-order chi connectivity index (χ1) is 9.28. The molecule has 0 radical (unpaired) electrons. The Morgan fingerprint density at radius 2 is 2.32 bits per heavy atom. The summed E-state index contributed by atoms with van der Waals surface area (Å²) < 4.78 is 0. The minimum absolute atomic E-state index is 0.420. The zero-order valence-corrected chi connectivity index (χ0v) is 11.0. The van der Waals surface area contributed by atoms with Crippen LogP contribution in [0.5, 0.6) is 0 Å². The Morgan fingerprint density at radius 1 is 1.42 bits per heavy atom. The predicted octanol–water partition coefficient (Wildman–Crippen LogP) is 1.57. The maximum absolute atomic E-state index is 8.98. The molecule has 2 fully saturated rings. The van der Waals surface area contributed by atoms with Gasteiger partial charge in [0.1, 0.15) is 6.07 Å². The van der Waals surface area contributed by atoms with Crippen LogP contribution in [0.4, 0.5) is 11.5 Å². The summed E-state index contributed by atoms with van der Waals surface area (Å²) in [5.41, 5.74) is 6.93. The molecule has 0 aromatic carbocycles. The van der Waals surface area contributed by atoms with E-state index >= 15 is 0 Å². The predicted molar refractivity (Wildman–Crippen MR) is 74.6 cm³/mol. The normalized spacial score (nSPS) is 26.7. The van der Waals surface area contributed by atoms with E-state index in [1.54, 1.807) is 12.3 Å². The molecule has 3 rings (SSSR count). The fourth-order valence-electron chi connectivity index (χ4n) is 3.23. The van der Waals surface area contributed by atoms with Crippen LogP contribution in [0.2, 0.25) is 0 Å². The molecule has 2 unspecified atom stereocenters. The first-order valence-corrected chi connectivity index (χ1v) is 6.93. The van der Waals surface area contributed by atoms with Crippen LogP contribution in [0.1, 0.15) is 31.2 Å². The van der Waals surface area contributed by atoms with Gasteiger partial charge in [0.2, 0.25) is 0 Å². The molecule has 5 heteroatoms. The zero-order chi connectivity index (χ0) is 13.2. The molecule has 0 amide bonds.